The van der Waals surface area contributed by atoms with Crippen molar-refractivity contribution in [2.24, 2.45) is 5.92 Å². The Labute approximate surface area is 148 Å². The van der Waals surface area contributed by atoms with E-state index in [0.29, 0.717) is 23.0 Å². The Bertz CT molecular complexity index is 625. The van der Waals surface area contributed by atoms with Crippen LogP contribution in [-0.4, -0.2) is 36.5 Å². The van der Waals surface area contributed by atoms with Crippen LogP contribution < -0.4 is 0 Å². The number of hydrogen-bond donors (Lipinski definition) is 0. The van der Waals surface area contributed by atoms with E-state index in [4.69, 9.17) is 16.3 Å². The molecule has 0 N–H and O–H groups in total. The molecule has 0 aromatic heterocycles. The van der Waals surface area contributed by atoms with Gasteiger partial charge in [-0.05, 0) is 43.4 Å². The molecule has 1 unspecified atom stereocenters. The largest absolute Gasteiger partial charge is 0.465 e. The highest BCUT2D eigenvalue weighted by Gasteiger charge is 2.36. The zero-order chi connectivity index (χ0) is 17.1. The van der Waals surface area contributed by atoms with Crippen molar-refractivity contribution in [1.29, 1.82) is 0 Å². The number of nitrogens with zero attached hydrogens (tertiary/aromatic N) is 1. The minimum Gasteiger partial charge on any atom is -0.465 e. The van der Waals surface area contributed by atoms with Crippen LogP contribution in [0.3, 0.4) is 0 Å². The van der Waals surface area contributed by atoms with Gasteiger partial charge in [0.2, 0.25) is 5.91 Å². The summed E-state index contributed by atoms with van der Waals surface area (Å²) in [5.41, 5.74) is 1.36. The highest BCUT2D eigenvalue weighted by atomic mass is 35.5. The van der Waals surface area contributed by atoms with Crippen LogP contribution >= 0.6 is 11.6 Å². The summed E-state index contributed by atoms with van der Waals surface area (Å²) >= 11 is 6.31. The Morgan fingerprint density at radius 3 is 2.67 bits per heavy atom. The summed E-state index contributed by atoms with van der Waals surface area (Å²) in [4.78, 5) is 26.4. The van der Waals surface area contributed by atoms with Crippen molar-refractivity contribution in [2.45, 2.75) is 51.0 Å². The molecular weight excluding hydrogens is 326 g/mol. The van der Waals surface area contributed by atoms with Gasteiger partial charge < -0.3 is 9.64 Å². The first-order valence-corrected chi connectivity index (χ1v) is 9.15. The molecule has 1 saturated heterocycles. The molecule has 1 saturated carbocycles. The van der Waals surface area contributed by atoms with Crippen LogP contribution in [0.4, 0.5) is 0 Å². The maximum absolute atomic E-state index is 12.8. The first kappa shape index (κ1) is 17.3. The standard InChI is InChI=1S/C19H24ClNO3/c1-24-19(23)15-8-7-13(17(20)12-15)11-14-9-10-21(18(14)22)16-5-3-2-4-6-16/h7-8,12,14,16H,2-6,9-11H2,1H3. The lowest BCUT2D eigenvalue weighted by Gasteiger charge is -2.31. The number of benzene rings is 1. The van der Waals surface area contributed by atoms with Gasteiger partial charge in [-0.1, -0.05) is 36.9 Å². The molecular formula is C19H24ClNO3. The highest BCUT2D eigenvalue weighted by molar-refractivity contribution is 6.31. The van der Waals surface area contributed by atoms with E-state index in [1.165, 1.54) is 26.4 Å². The molecule has 1 atom stereocenters. The number of rotatable bonds is 4. The number of likely N-dealkylation sites (tertiary alicyclic amines) is 1. The summed E-state index contributed by atoms with van der Waals surface area (Å²) in [5.74, 6) is -0.118. The second-order valence-electron chi connectivity index (χ2n) is 6.81. The van der Waals surface area contributed by atoms with Gasteiger partial charge in [0.15, 0.2) is 0 Å². The number of methoxy groups -OCH3 is 1. The molecule has 0 spiro atoms. The van der Waals surface area contributed by atoms with E-state index in [0.717, 1.165) is 31.4 Å². The fraction of sp³-hybridized carbons (Fsp3) is 0.579. The predicted octanol–water partition coefficient (Wildman–Crippen LogP) is 3.85. The van der Waals surface area contributed by atoms with Gasteiger partial charge in [-0.3, -0.25) is 4.79 Å². The third kappa shape index (κ3) is 3.59. The van der Waals surface area contributed by atoms with E-state index in [-0.39, 0.29) is 11.8 Å². The lowest BCUT2D eigenvalue weighted by atomic mass is 9.94. The number of hydrogen-bond acceptors (Lipinski definition) is 3. The molecule has 1 aliphatic heterocycles. The van der Waals surface area contributed by atoms with Crippen molar-refractivity contribution >= 4 is 23.5 Å². The van der Waals surface area contributed by atoms with Crippen molar-refractivity contribution in [3.8, 4) is 0 Å². The molecule has 1 aromatic rings. The van der Waals surface area contributed by atoms with E-state index in [1.54, 1.807) is 12.1 Å². The Balaban J connectivity index is 1.66. The molecule has 1 aromatic carbocycles. The first-order valence-electron chi connectivity index (χ1n) is 8.77. The van der Waals surface area contributed by atoms with Gasteiger partial charge in [0.1, 0.15) is 0 Å². The number of carbonyl (C=O) groups excluding carboxylic acids is 2. The number of esters is 1. The van der Waals surface area contributed by atoms with Crippen LogP contribution in [0.2, 0.25) is 5.02 Å². The summed E-state index contributed by atoms with van der Waals surface area (Å²) in [5, 5.41) is 0.529. The maximum Gasteiger partial charge on any atom is 0.337 e. The third-order valence-corrected chi connectivity index (χ3v) is 5.66. The molecule has 2 fully saturated rings. The predicted molar refractivity (Wildman–Crippen MR) is 93.2 cm³/mol. The molecule has 130 valence electrons. The molecule has 0 radical (unpaired) electrons. The van der Waals surface area contributed by atoms with Crippen LogP contribution in [0.25, 0.3) is 0 Å². The van der Waals surface area contributed by atoms with Crippen molar-refractivity contribution in [2.75, 3.05) is 13.7 Å². The Kier molecular flexibility index (Phi) is 5.44. The average molecular weight is 350 g/mol. The number of amides is 1. The van der Waals surface area contributed by atoms with Crippen molar-refractivity contribution in [3.05, 3.63) is 34.3 Å². The van der Waals surface area contributed by atoms with Gasteiger partial charge in [-0.25, -0.2) is 4.79 Å². The lowest BCUT2D eigenvalue weighted by Crippen LogP contribution is -2.39. The summed E-state index contributed by atoms with van der Waals surface area (Å²) in [6, 6.07) is 5.62. The van der Waals surface area contributed by atoms with Crippen molar-refractivity contribution in [1.82, 2.24) is 4.90 Å². The van der Waals surface area contributed by atoms with E-state index in [9.17, 15) is 9.59 Å². The van der Waals surface area contributed by atoms with Gasteiger partial charge in [0.25, 0.3) is 0 Å². The molecule has 1 heterocycles. The van der Waals surface area contributed by atoms with Crippen molar-refractivity contribution < 1.29 is 14.3 Å². The zero-order valence-electron chi connectivity index (χ0n) is 14.1. The summed E-state index contributed by atoms with van der Waals surface area (Å²) in [6.07, 6.45) is 7.59. The summed E-state index contributed by atoms with van der Waals surface area (Å²) in [7, 11) is 1.35. The Morgan fingerprint density at radius 1 is 1.25 bits per heavy atom. The van der Waals surface area contributed by atoms with Gasteiger partial charge in [-0.2, -0.15) is 0 Å². The van der Waals surface area contributed by atoms with E-state index in [2.05, 4.69) is 4.90 Å². The molecule has 2 aliphatic rings. The Hall–Kier alpha value is -1.55. The van der Waals surface area contributed by atoms with Crippen LogP contribution in [0.15, 0.2) is 18.2 Å². The highest BCUT2D eigenvalue weighted by Crippen LogP contribution is 2.31. The molecule has 24 heavy (non-hydrogen) atoms. The first-order chi connectivity index (χ1) is 11.6. The molecule has 5 heteroatoms. The van der Waals surface area contributed by atoms with Gasteiger partial charge in [0, 0.05) is 23.5 Å². The van der Waals surface area contributed by atoms with Gasteiger partial charge >= 0.3 is 5.97 Å². The monoisotopic (exact) mass is 349 g/mol. The lowest BCUT2D eigenvalue weighted by molar-refractivity contribution is -0.133. The zero-order valence-corrected chi connectivity index (χ0v) is 14.8. The van der Waals surface area contributed by atoms with E-state index in [1.807, 2.05) is 6.07 Å². The molecule has 3 rings (SSSR count). The molecule has 1 amide bonds. The topological polar surface area (TPSA) is 46.6 Å². The number of halogens is 1. The SMILES string of the molecule is COC(=O)c1ccc(CC2CCN(C3CCCCC3)C2=O)c(Cl)c1. The molecule has 0 bridgehead atoms. The van der Waals surface area contributed by atoms with Gasteiger partial charge in [0.05, 0.1) is 12.7 Å². The van der Waals surface area contributed by atoms with E-state index >= 15 is 0 Å². The fourth-order valence-electron chi connectivity index (χ4n) is 3.93. The van der Waals surface area contributed by atoms with Gasteiger partial charge in [-0.15, -0.1) is 0 Å². The normalized spacial score (nSPS) is 22.0. The third-order valence-electron chi connectivity index (χ3n) is 5.31. The second-order valence-corrected chi connectivity index (χ2v) is 7.22. The fourth-order valence-corrected chi connectivity index (χ4v) is 4.19. The van der Waals surface area contributed by atoms with E-state index < -0.39 is 5.97 Å². The number of ether oxygens (including phenoxy) is 1. The average Bonchev–Trinajstić information content (AvgIpc) is 2.97. The Morgan fingerprint density at radius 2 is 2.00 bits per heavy atom. The minimum atomic E-state index is -0.399. The summed E-state index contributed by atoms with van der Waals surface area (Å²) < 4.78 is 4.70. The van der Waals surface area contributed by atoms with Crippen molar-refractivity contribution in [3.63, 3.8) is 0 Å². The van der Waals surface area contributed by atoms with Crippen LogP contribution in [-0.2, 0) is 16.0 Å². The number of carbonyl (C=O) groups is 2. The molecule has 1 aliphatic carbocycles. The summed E-state index contributed by atoms with van der Waals surface area (Å²) in [6.45, 7) is 0.867. The quantitative estimate of drug-likeness (QED) is 0.776. The van der Waals surface area contributed by atoms with Crippen LogP contribution in [0, 0.1) is 5.92 Å². The van der Waals surface area contributed by atoms with Crippen LogP contribution in [0.1, 0.15) is 54.4 Å². The van der Waals surface area contributed by atoms with Crippen LogP contribution in [0.5, 0.6) is 0 Å². The molecule has 4 nitrogen and oxygen atoms in total. The second kappa shape index (κ2) is 7.56. The smallest absolute Gasteiger partial charge is 0.337 e. The maximum atomic E-state index is 12.8. The minimum absolute atomic E-state index is 0.00778.